The Morgan fingerprint density at radius 1 is 0.578 bits per heavy atom. The van der Waals surface area contributed by atoms with Crippen LogP contribution < -0.4 is 5.90 Å². The zero-order valence-electron chi connectivity index (χ0n) is 33.2. The van der Waals surface area contributed by atoms with E-state index in [0.717, 1.165) is 70.8 Å². The van der Waals surface area contributed by atoms with Gasteiger partial charge >= 0.3 is 12.4 Å². The Labute approximate surface area is 365 Å². The second-order valence-corrected chi connectivity index (χ2v) is 14.5. The van der Waals surface area contributed by atoms with E-state index in [1.807, 2.05) is 54.6 Å². The van der Waals surface area contributed by atoms with Crippen molar-refractivity contribution in [2.24, 2.45) is 11.1 Å². The largest absolute Gasteiger partial charge is 0.433 e. The highest BCUT2D eigenvalue weighted by atomic mass is 35.5. The number of pyridine rings is 4. The van der Waals surface area contributed by atoms with Gasteiger partial charge in [-0.1, -0.05) is 53.7 Å². The standard InChI is InChI=1S/C22H16F3N5O.C22H15F3N4O.ClH.H3NO/c23-22(24,25)19-5-2-6-20(28-19)30-18-11-14(7-8-15(18)12-26-30)16-10-9-13-3-1-4-17(29-31)21(13)27-16;23-22(24,25)19-5-2-6-20(28-19)29-17-11-14(7-8-15(17)12-26-29)16-10-9-13-3-1-4-18(30)21(13)27-16;;1-2/h2,5-12,31H,1,3-4H2;2,5-12H,1,3-4H2;1H;2H,1H2/b29-17+;;;. The van der Waals surface area contributed by atoms with Gasteiger partial charge in [-0.2, -0.15) is 36.5 Å². The smallest absolute Gasteiger partial charge is 0.411 e. The number of fused-ring (bicyclic) bond motifs is 4. The van der Waals surface area contributed by atoms with Crippen LogP contribution in [0.2, 0.25) is 0 Å². The van der Waals surface area contributed by atoms with Gasteiger partial charge in [-0.15, -0.1) is 12.4 Å². The highest BCUT2D eigenvalue weighted by Gasteiger charge is 2.34. The molecule has 2 aromatic carbocycles. The van der Waals surface area contributed by atoms with Crippen LogP contribution in [0, 0.1) is 0 Å². The molecule has 0 amide bonds. The van der Waals surface area contributed by atoms with Gasteiger partial charge < -0.3 is 10.4 Å². The normalized spacial score (nSPS) is 14.2. The molecule has 6 heterocycles. The van der Waals surface area contributed by atoms with E-state index in [1.54, 1.807) is 18.5 Å². The molecule has 328 valence electrons. The minimum Gasteiger partial charge on any atom is -0.411 e. The summed E-state index contributed by atoms with van der Waals surface area (Å²) in [5.41, 5.74) is 5.81. The molecular weight excluding hydrogens is 866 g/mol. The summed E-state index contributed by atoms with van der Waals surface area (Å²) in [5, 5.41) is 29.2. The van der Waals surface area contributed by atoms with Crippen LogP contribution in [-0.4, -0.2) is 61.4 Å². The number of rotatable bonds is 4. The number of hydrogen-bond acceptors (Lipinski definition) is 11. The van der Waals surface area contributed by atoms with Crippen molar-refractivity contribution in [3.63, 3.8) is 0 Å². The molecule has 10 rings (SSSR count). The van der Waals surface area contributed by atoms with Crippen LogP contribution in [0.1, 0.15) is 64.4 Å². The lowest BCUT2D eigenvalue weighted by atomic mass is 9.93. The van der Waals surface area contributed by atoms with E-state index in [1.165, 1.54) is 33.6 Å². The van der Waals surface area contributed by atoms with E-state index in [-0.39, 0.29) is 29.8 Å². The number of Topliss-reactive ketones (excluding diaryl/α,β-unsaturated/α-hetero) is 1. The SMILES string of the molecule is Cl.NO.O/N=C1\CCCc2ccc(-c3ccc4cnn(-c5cccc(C(F)(F)F)n5)c4c3)nc21.O=C1CCCc2ccc(-c3ccc4cnn(-c5cccc(C(F)(F)F)n5)c4c3)nc21. The number of halogens is 7. The number of alkyl halides is 6. The molecule has 6 aromatic heterocycles. The first-order chi connectivity index (χ1) is 30.3. The van der Waals surface area contributed by atoms with Crippen LogP contribution in [0.4, 0.5) is 26.3 Å². The summed E-state index contributed by atoms with van der Waals surface area (Å²) >= 11 is 0. The van der Waals surface area contributed by atoms with Crippen molar-refractivity contribution in [3.8, 4) is 34.2 Å². The van der Waals surface area contributed by atoms with Crippen LogP contribution in [0.5, 0.6) is 0 Å². The number of hydrogen-bond donors (Lipinski definition) is 3. The van der Waals surface area contributed by atoms with Crippen molar-refractivity contribution >= 4 is 45.7 Å². The fourth-order valence-electron chi connectivity index (χ4n) is 7.53. The Morgan fingerprint density at radius 3 is 1.53 bits per heavy atom. The lowest BCUT2D eigenvalue weighted by molar-refractivity contribution is -0.141. The van der Waals surface area contributed by atoms with Crippen molar-refractivity contribution in [1.82, 2.24) is 39.5 Å². The summed E-state index contributed by atoms with van der Waals surface area (Å²) in [6.45, 7) is 0. The predicted molar refractivity (Wildman–Crippen MR) is 226 cm³/mol. The van der Waals surface area contributed by atoms with Crippen molar-refractivity contribution < 1.29 is 41.6 Å². The average Bonchev–Trinajstić information content (AvgIpc) is 3.93. The number of benzene rings is 2. The monoisotopic (exact) mass is 900 g/mol. The number of oxime groups is 1. The summed E-state index contributed by atoms with van der Waals surface area (Å²) in [4.78, 5) is 28.9. The fourth-order valence-corrected chi connectivity index (χ4v) is 7.53. The molecule has 0 radical (unpaired) electrons. The first kappa shape index (κ1) is 44.9. The summed E-state index contributed by atoms with van der Waals surface area (Å²) in [6, 6.07) is 26.1. The van der Waals surface area contributed by atoms with Gasteiger partial charge in [0.1, 0.15) is 22.8 Å². The van der Waals surface area contributed by atoms with E-state index in [0.29, 0.717) is 52.4 Å². The molecular formula is C44H35ClF6N10O3. The number of carbonyl (C=O) groups excluding carboxylic acids is 1. The zero-order valence-corrected chi connectivity index (χ0v) is 34.0. The third-order valence-electron chi connectivity index (χ3n) is 10.5. The van der Waals surface area contributed by atoms with Crippen molar-refractivity contribution in [3.05, 3.63) is 143 Å². The number of nitrogens with zero attached hydrogens (tertiary/aromatic N) is 9. The number of ketones is 1. The van der Waals surface area contributed by atoms with Crippen molar-refractivity contribution in [2.45, 2.75) is 50.9 Å². The molecule has 4 N–H and O–H groups in total. The predicted octanol–water partition coefficient (Wildman–Crippen LogP) is 9.79. The van der Waals surface area contributed by atoms with Gasteiger partial charge in [0, 0.05) is 28.3 Å². The maximum atomic E-state index is 13.1. The summed E-state index contributed by atoms with van der Waals surface area (Å²) < 4.78 is 81.1. The molecule has 0 unspecified atom stereocenters. The third kappa shape index (κ3) is 9.03. The minimum atomic E-state index is -4.54. The van der Waals surface area contributed by atoms with E-state index >= 15 is 0 Å². The number of nitrogens with two attached hydrogens (primary N) is 1. The minimum absolute atomic E-state index is 0. The second kappa shape index (κ2) is 18.3. The van der Waals surface area contributed by atoms with E-state index in [4.69, 9.17) is 10.2 Å². The number of aromatic nitrogens is 8. The molecule has 0 spiro atoms. The Morgan fingerprint density at radius 2 is 1.05 bits per heavy atom. The summed E-state index contributed by atoms with van der Waals surface area (Å²) in [5.74, 6) is 3.69. The lowest BCUT2D eigenvalue weighted by Gasteiger charge is -2.16. The first-order valence-electron chi connectivity index (χ1n) is 19.4. The highest BCUT2D eigenvalue weighted by Crippen LogP contribution is 2.33. The van der Waals surface area contributed by atoms with E-state index < -0.39 is 23.7 Å². The molecule has 0 fully saturated rings. The summed E-state index contributed by atoms with van der Waals surface area (Å²) in [7, 11) is 0. The second-order valence-electron chi connectivity index (χ2n) is 14.5. The Balaban J connectivity index is 0.000000182. The molecule has 0 saturated carbocycles. The Bertz CT molecular complexity index is 3040. The molecule has 0 aliphatic heterocycles. The fraction of sp³-hybridized carbons (Fsp3) is 0.182. The maximum Gasteiger partial charge on any atom is 0.433 e. The van der Waals surface area contributed by atoms with Gasteiger partial charge in [-0.05, 0) is 91.8 Å². The Kier molecular flexibility index (Phi) is 12.9. The number of carbonyl (C=O) groups is 1. The molecule has 2 aliphatic rings. The van der Waals surface area contributed by atoms with Crippen LogP contribution in [0.15, 0.2) is 115 Å². The average molecular weight is 901 g/mol. The van der Waals surface area contributed by atoms with Crippen LogP contribution >= 0.6 is 12.4 Å². The first-order valence-corrected chi connectivity index (χ1v) is 19.4. The van der Waals surface area contributed by atoms with Gasteiger partial charge in [0.15, 0.2) is 17.4 Å². The molecule has 8 aromatic rings. The molecule has 13 nitrogen and oxygen atoms in total. The van der Waals surface area contributed by atoms with Gasteiger partial charge in [0.25, 0.3) is 0 Å². The van der Waals surface area contributed by atoms with Crippen LogP contribution in [0.3, 0.4) is 0 Å². The molecule has 0 bridgehead atoms. The van der Waals surface area contributed by atoms with Gasteiger partial charge in [-0.25, -0.2) is 35.2 Å². The van der Waals surface area contributed by atoms with Crippen molar-refractivity contribution in [1.29, 1.82) is 0 Å². The maximum absolute atomic E-state index is 13.1. The zero-order chi connectivity index (χ0) is 44.5. The molecule has 0 saturated heterocycles. The van der Waals surface area contributed by atoms with E-state index in [2.05, 4.69) is 36.2 Å². The van der Waals surface area contributed by atoms with E-state index in [9.17, 15) is 36.3 Å². The summed E-state index contributed by atoms with van der Waals surface area (Å²) in [6.07, 6.45) is -1.32. The van der Waals surface area contributed by atoms with Gasteiger partial charge in [0.2, 0.25) is 0 Å². The quantitative estimate of drug-likeness (QED) is 0.0873. The number of aryl methyl sites for hydroxylation is 2. The van der Waals surface area contributed by atoms with Gasteiger partial charge in [0.05, 0.1) is 40.5 Å². The third-order valence-corrected chi connectivity index (χ3v) is 10.5. The topological polar surface area (TPSA) is 183 Å². The lowest BCUT2D eigenvalue weighted by Crippen LogP contribution is -2.14. The highest BCUT2D eigenvalue weighted by molar-refractivity contribution is 6.01. The Hall–Kier alpha value is -7.09. The molecule has 0 atom stereocenters. The van der Waals surface area contributed by atoms with Crippen LogP contribution in [0.25, 0.3) is 56.0 Å². The van der Waals surface area contributed by atoms with Gasteiger partial charge in [-0.3, -0.25) is 4.79 Å². The van der Waals surface area contributed by atoms with Crippen molar-refractivity contribution in [2.75, 3.05) is 0 Å². The van der Waals surface area contributed by atoms with Crippen LogP contribution in [-0.2, 0) is 25.2 Å². The molecule has 64 heavy (non-hydrogen) atoms. The molecule has 20 heteroatoms. The molecule has 2 aliphatic carbocycles.